The number of carbonyl (C=O) groups is 2. The number of hydroxylamine groups is 1. The third-order valence-electron chi connectivity index (χ3n) is 7.44. The number of carbonyl (C=O) groups excluding carboxylic acids is 2. The van der Waals surface area contributed by atoms with Gasteiger partial charge >= 0.3 is 0 Å². The van der Waals surface area contributed by atoms with E-state index in [2.05, 4.69) is 0 Å². The van der Waals surface area contributed by atoms with Gasteiger partial charge in [0.05, 0.1) is 57.1 Å². The standard InChI is InChI=1S/C31H40FN3O9S/c1-4-34(5-2)31(37)29-25-18-24(21-6-7-21)26(19-27(25)44-30(29)22-8-10-23(32)11-9-22)35(45(3,39)40)12-13-41-14-15-42-16-17-43-20-28(36)33-38/h8-11,18-19,21,38H,4-7,12-17,20H2,1-3H3,(H,33,36). The van der Waals surface area contributed by atoms with Gasteiger partial charge in [-0.25, -0.2) is 18.3 Å². The fraction of sp³-hybridized carbons (Fsp3) is 0.484. The topological polar surface area (TPSA) is 148 Å². The van der Waals surface area contributed by atoms with E-state index in [1.807, 2.05) is 19.9 Å². The van der Waals surface area contributed by atoms with Gasteiger partial charge in [-0.2, -0.15) is 0 Å². The van der Waals surface area contributed by atoms with Crippen LogP contribution in [-0.2, 0) is 29.0 Å². The maximum Gasteiger partial charge on any atom is 0.269 e. The Bertz CT molecular complexity index is 1570. The lowest BCUT2D eigenvalue weighted by Gasteiger charge is -2.25. The van der Waals surface area contributed by atoms with Crippen molar-refractivity contribution in [3.8, 4) is 11.3 Å². The van der Waals surface area contributed by atoms with Gasteiger partial charge in [-0.1, -0.05) is 0 Å². The minimum atomic E-state index is -3.73. The zero-order valence-electron chi connectivity index (χ0n) is 25.7. The van der Waals surface area contributed by atoms with Gasteiger partial charge < -0.3 is 23.5 Å². The molecule has 0 atom stereocenters. The first-order chi connectivity index (χ1) is 21.6. The van der Waals surface area contributed by atoms with Gasteiger partial charge in [-0.3, -0.25) is 19.1 Å². The predicted octanol–water partition coefficient (Wildman–Crippen LogP) is 3.92. The van der Waals surface area contributed by atoms with Crippen molar-refractivity contribution in [1.82, 2.24) is 10.4 Å². The molecular weight excluding hydrogens is 609 g/mol. The molecule has 2 aromatic carbocycles. The van der Waals surface area contributed by atoms with Crippen molar-refractivity contribution in [2.24, 2.45) is 0 Å². The molecule has 14 heteroatoms. The fourth-order valence-corrected chi connectivity index (χ4v) is 5.94. The third-order valence-corrected chi connectivity index (χ3v) is 8.61. The summed E-state index contributed by atoms with van der Waals surface area (Å²) in [6.07, 6.45) is 2.91. The van der Waals surface area contributed by atoms with Crippen LogP contribution in [0.1, 0.15) is 48.5 Å². The fourth-order valence-electron chi connectivity index (χ4n) is 5.02. The second-order valence-corrected chi connectivity index (χ2v) is 12.5. The van der Waals surface area contributed by atoms with Gasteiger partial charge in [-0.05, 0) is 68.5 Å². The molecule has 1 fully saturated rings. The van der Waals surface area contributed by atoms with E-state index in [1.54, 1.807) is 23.1 Å². The molecule has 2 N–H and O–H groups in total. The lowest BCUT2D eigenvalue weighted by atomic mass is 10.00. The molecule has 1 aliphatic carbocycles. The Balaban J connectivity index is 1.57. The monoisotopic (exact) mass is 649 g/mol. The van der Waals surface area contributed by atoms with Crippen LogP contribution < -0.4 is 9.79 Å². The Morgan fingerprint density at radius 2 is 1.62 bits per heavy atom. The number of ether oxygens (including phenoxy) is 3. The molecule has 0 unspecified atom stereocenters. The number of nitrogens with one attached hydrogen (secondary N) is 1. The molecule has 1 aliphatic rings. The predicted molar refractivity (Wildman–Crippen MR) is 165 cm³/mol. The normalized spacial score (nSPS) is 13.3. The minimum Gasteiger partial charge on any atom is -0.455 e. The van der Waals surface area contributed by atoms with Crippen LogP contribution in [0.15, 0.2) is 40.8 Å². The zero-order valence-corrected chi connectivity index (χ0v) is 26.5. The van der Waals surface area contributed by atoms with Crippen molar-refractivity contribution >= 4 is 38.5 Å². The van der Waals surface area contributed by atoms with E-state index in [4.69, 9.17) is 23.8 Å². The Labute approximate surface area is 262 Å². The summed E-state index contributed by atoms with van der Waals surface area (Å²) in [6, 6.07) is 9.27. The van der Waals surface area contributed by atoms with Crippen LogP contribution in [0, 0.1) is 5.82 Å². The summed E-state index contributed by atoms with van der Waals surface area (Å²) >= 11 is 0. The van der Waals surface area contributed by atoms with Gasteiger partial charge in [0.1, 0.15) is 23.8 Å². The second kappa shape index (κ2) is 15.6. The average molecular weight is 650 g/mol. The minimum absolute atomic E-state index is 0.0419. The Hall–Kier alpha value is -3.56. The molecular formula is C31H40FN3O9S. The number of hydrogen-bond acceptors (Lipinski definition) is 9. The number of fused-ring (bicyclic) bond motifs is 1. The summed E-state index contributed by atoms with van der Waals surface area (Å²) < 4.78 is 63.5. The first-order valence-electron chi connectivity index (χ1n) is 14.9. The SMILES string of the molecule is CCN(CC)C(=O)c1c(-c2ccc(F)cc2)oc2cc(N(CCOCCOCCOCC(=O)NO)S(C)(=O)=O)c(C3CC3)cc12. The molecule has 0 radical (unpaired) electrons. The van der Waals surface area contributed by atoms with E-state index >= 15 is 0 Å². The first kappa shape index (κ1) is 34.3. The summed E-state index contributed by atoms with van der Waals surface area (Å²) in [5.41, 5.74) is 4.00. The second-order valence-electron chi connectivity index (χ2n) is 10.6. The van der Waals surface area contributed by atoms with E-state index in [0.29, 0.717) is 46.6 Å². The number of anilines is 1. The van der Waals surface area contributed by atoms with Gasteiger partial charge in [-0.15, -0.1) is 0 Å². The molecule has 0 spiro atoms. The summed E-state index contributed by atoms with van der Waals surface area (Å²) in [7, 11) is -3.73. The highest BCUT2D eigenvalue weighted by atomic mass is 32.2. The quantitative estimate of drug-likeness (QED) is 0.119. The number of nitrogens with zero attached hydrogens (tertiary/aromatic N) is 2. The van der Waals surface area contributed by atoms with Crippen molar-refractivity contribution in [2.45, 2.75) is 32.6 Å². The van der Waals surface area contributed by atoms with Crippen LogP contribution in [0.25, 0.3) is 22.3 Å². The molecule has 1 heterocycles. The molecule has 0 bridgehead atoms. The smallest absolute Gasteiger partial charge is 0.269 e. The molecule has 0 saturated heterocycles. The number of benzene rings is 2. The van der Waals surface area contributed by atoms with Crippen LogP contribution in [0.4, 0.5) is 10.1 Å². The van der Waals surface area contributed by atoms with Crippen LogP contribution in [0.3, 0.4) is 0 Å². The summed E-state index contributed by atoms with van der Waals surface area (Å²) in [4.78, 5) is 26.4. The van der Waals surface area contributed by atoms with E-state index in [-0.39, 0.29) is 58.0 Å². The number of furan rings is 1. The van der Waals surface area contributed by atoms with E-state index in [9.17, 15) is 22.4 Å². The molecule has 4 rings (SSSR count). The van der Waals surface area contributed by atoms with Crippen molar-refractivity contribution in [3.63, 3.8) is 0 Å². The lowest BCUT2D eigenvalue weighted by molar-refractivity contribution is -0.134. The number of rotatable bonds is 18. The Kier molecular flexibility index (Phi) is 11.9. The molecule has 0 aliphatic heterocycles. The molecule has 12 nitrogen and oxygen atoms in total. The van der Waals surface area contributed by atoms with Crippen molar-refractivity contribution < 1.29 is 46.2 Å². The maximum atomic E-state index is 13.8. The van der Waals surface area contributed by atoms with Gasteiger partial charge in [0.2, 0.25) is 10.0 Å². The maximum absolute atomic E-state index is 13.8. The molecule has 2 amide bonds. The largest absolute Gasteiger partial charge is 0.455 e. The highest BCUT2D eigenvalue weighted by Crippen LogP contribution is 2.48. The highest BCUT2D eigenvalue weighted by Gasteiger charge is 2.33. The molecule has 246 valence electrons. The number of amides is 2. The van der Waals surface area contributed by atoms with Crippen LogP contribution in [-0.4, -0.2) is 95.9 Å². The molecule has 45 heavy (non-hydrogen) atoms. The van der Waals surface area contributed by atoms with Crippen molar-refractivity contribution in [2.75, 3.05) is 69.8 Å². The van der Waals surface area contributed by atoms with Crippen molar-refractivity contribution in [3.05, 3.63) is 53.3 Å². The molecule has 1 aromatic heterocycles. The van der Waals surface area contributed by atoms with Gasteiger partial charge in [0.25, 0.3) is 11.8 Å². The van der Waals surface area contributed by atoms with Crippen LogP contribution >= 0.6 is 0 Å². The summed E-state index contributed by atoms with van der Waals surface area (Å²) in [6.45, 7) is 5.42. The highest BCUT2D eigenvalue weighted by molar-refractivity contribution is 7.92. The van der Waals surface area contributed by atoms with E-state index in [0.717, 1.165) is 24.7 Å². The van der Waals surface area contributed by atoms with Gasteiger partial charge in [0, 0.05) is 30.1 Å². The summed E-state index contributed by atoms with van der Waals surface area (Å²) in [5.74, 6) is -0.857. The Morgan fingerprint density at radius 3 is 2.20 bits per heavy atom. The number of hydrogen-bond donors (Lipinski definition) is 2. The van der Waals surface area contributed by atoms with E-state index < -0.39 is 21.7 Å². The average Bonchev–Trinajstić information content (AvgIpc) is 3.79. The number of halogens is 1. The first-order valence-corrected chi connectivity index (χ1v) is 16.7. The number of sulfonamides is 1. The summed E-state index contributed by atoms with van der Waals surface area (Å²) in [5, 5.41) is 9.02. The van der Waals surface area contributed by atoms with Crippen molar-refractivity contribution in [1.29, 1.82) is 0 Å². The lowest BCUT2D eigenvalue weighted by Crippen LogP contribution is -2.34. The van der Waals surface area contributed by atoms with Gasteiger partial charge in [0.15, 0.2) is 0 Å². The van der Waals surface area contributed by atoms with E-state index in [1.165, 1.54) is 21.9 Å². The zero-order chi connectivity index (χ0) is 32.6. The third kappa shape index (κ3) is 8.79. The van der Waals surface area contributed by atoms with Crippen LogP contribution in [0.2, 0.25) is 0 Å². The van der Waals surface area contributed by atoms with Crippen LogP contribution in [0.5, 0.6) is 0 Å². The Morgan fingerprint density at radius 1 is 1.00 bits per heavy atom. The molecule has 3 aromatic rings. The molecule has 1 saturated carbocycles.